The van der Waals surface area contributed by atoms with Gasteiger partial charge in [0.25, 0.3) is 0 Å². The second-order valence-electron chi connectivity index (χ2n) is 4.42. The molecule has 0 aliphatic heterocycles. The van der Waals surface area contributed by atoms with Gasteiger partial charge in [-0.05, 0) is 23.0 Å². The van der Waals surface area contributed by atoms with Crippen LogP contribution in [0.1, 0.15) is 50.7 Å². The molecule has 2 N–H and O–H groups in total. The lowest BCUT2D eigenvalue weighted by Crippen LogP contribution is -1.94. The van der Waals surface area contributed by atoms with Gasteiger partial charge >= 0.3 is 0 Å². The lowest BCUT2D eigenvalue weighted by atomic mass is 9.93. The zero-order valence-electron chi connectivity index (χ0n) is 11.2. The number of para-hydroxylation sites is 1. The van der Waals surface area contributed by atoms with Crippen molar-refractivity contribution in [3.8, 4) is 0 Å². The van der Waals surface area contributed by atoms with Gasteiger partial charge in [-0.3, -0.25) is 0 Å². The summed E-state index contributed by atoms with van der Waals surface area (Å²) in [5.41, 5.74) is 3.03. The van der Waals surface area contributed by atoms with E-state index in [-0.39, 0.29) is 0 Å². The van der Waals surface area contributed by atoms with Gasteiger partial charge in [0.2, 0.25) is 6.08 Å². The van der Waals surface area contributed by atoms with E-state index in [2.05, 4.69) is 32.7 Å². The Labute approximate surface area is 108 Å². The smallest absolute Gasteiger partial charge is 0.240 e. The fraction of sp³-hybridized carbons (Fsp3) is 0.429. The summed E-state index contributed by atoms with van der Waals surface area (Å²) in [6.45, 7) is 8.40. The summed E-state index contributed by atoms with van der Waals surface area (Å²) in [5, 5.41) is 11.2. The Hall–Kier alpha value is -2.02. The second-order valence-corrected chi connectivity index (χ2v) is 4.42. The van der Waals surface area contributed by atoms with Crippen molar-refractivity contribution in [3.05, 3.63) is 29.3 Å². The summed E-state index contributed by atoms with van der Waals surface area (Å²) in [6, 6.07) is 7.31. The Bertz CT molecular complexity index is 440. The van der Waals surface area contributed by atoms with Gasteiger partial charge < -0.3 is 0 Å². The molecule has 0 spiro atoms. The lowest BCUT2D eigenvalue weighted by Gasteiger charge is -2.14. The number of nitrogens with one attached hydrogen (secondary N) is 2. The average Bonchev–Trinajstić information content (AvgIpc) is 2.30. The van der Waals surface area contributed by atoms with Crippen molar-refractivity contribution < 1.29 is 4.79 Å². The molecule has 0 fully saturated rings. The van der Waals surface area contributed by atoms with Crippen LogP contribution in [0.25, 0.3) is 0 Å². The Kier molecular flexibility index (Phi) is 7.22. The van der Waals surface area contributed by atoms with Crippen LogP contribution in [0.4, 0.5) is 5.69 Å². The Morgan fingerprint density at radius 3 is 1.72 bits per heavy atom. The highest BCUT2D eigenvalue weighted by molar-refractivity contribution is 5.60. The molecule has 0 radical (unpaired) electrons. The Morgan fingerprint density at radius 2 is 1.44 bits per heavy atom. The number of aliphatic imine (C=N–C) groups is 1. The summed E-state index contributed by atoms with van der Waals surface area (Å²) < 4.78 is 0. The number of nitrogens with zero attached hydrogens (tertiary/aromatic N) is 1. The van der Waals surface area contributed by atoms with E-state index in [4.69, 9.17) is 10.8 Å². The van der Waals surface area contributed by atoms with Crippen molar-refractivity contribution in [2.45, 2.75) is 39.5 Å². The average molecular weight is 245 g/mol. The molecule has 18 heavy (non-hydrogen) atoms. The third kappa shape index (κ3) is 4.46. The van der Waals surface area contributed by atoms with E-state index >= 15 is 0 Å². The van der Waals surface area contributed by atoms with Crippen molar-refractivity contribution in [2.75, 3.05) is 0 Å². The number of hydrogen-bond acceptors (Lipinski definition) is 4. The quantitative estimate of drug-likeness (QED) is 0.607. The molecule has 0 atom stereocenters. The van der Waals surface area contributed by atoms with Crippen LogP contribution in [-0.2, 0) is 4.79 Å². The molecule has 0 unspecified atom stereocenters. The monoisotopic (exact) mass is 245 g/mol. The fourth-order valence-electron chi connectivity index (χ4n) is 1.69. The van der Waals surface area contributed by atoms with Gasteiger partial charge in [0.05, 0.1) is 11.7 Å². The number of isocyanates is 1. The van der Waals surface area contributed by atoms with Crippen molar-refractivity contribution >= 4 is 17.8 Å². The first kappa shape index (κ1) is 16.0. The Morgan fingerprint density at radius 1 is 1.06 bits per heavy atom. The van der Waals surface area contributed by atoms with E-state index in [1.54, 1.807) is 6.08 Å². The van der Waals surface area contributed by atoms with Crippen molar-refractivity contribution in [3.63, 3.8) is 0 Å². The molecule has 0 aliphatic rings. The predicted octanol–water partition coefficient (Wildman–Crippen LogP) is 4.22. The van der Waals surface area contributed by atoms with Gasteiger partial charge in [-0.15, -0.1) is 0 Å². The minimum Gasteiger partial charge on any atom is -0.242 e. The van der Waals surface area contributed by atoms with Crippen LogP contribution in [0.3, 0.4) is 0 Å². The van der Waals surface area contributed by atoms with Crippen LogP contribution in [0.2, 0.25) is 0 Å². The molecule has 1 aromatic rings. The number of carbonyl (C=O) groups excluding carboxylic acids is 1. The van der Waals surface area contributed by atoms with Crippen LogP contribution in [-0.4, -0.2) is 12.1 Å². The topological polar surface area (TPSA) is 77.1 Å². The van der Waals surface area contributed by atoms with E-state index in [0.29, 0.717) is 11.8 Å². The summed E-state index contributed by atoms with van der Waals surface area (Å²) >= 11 is 0. The van der Waals surface area contributed by atoms with Crippen LogP contribution in [0.5, 0.6) is 0 Å². The van der Waals surface area contributed by atoms with Gasteiger partial charge in [-0.2, -0.15) is 4.99 Å². The van der Waals surface area contributed by atoms with Crippen molar-refractivity contribution in [2.24, 2.45) is 4.99 Å². The zero-order chi connectivity index (χ0) is 14.1. The highest BCUT2D eigenvalue weighted by atomic mass is 16.1. The van der Waals surface area contributed by atoms with Gasteiger partial charge in [0.15, 0.2) is 0 Å². The molecule has 0 amide bonds. The molecule has 4 nitrogen and oxygen atoms in total. The number of rotatable bonds is 3. The summed E-state index contributed by atoms with van der Waals surface area (Å²) in [4.78, 5) is 14.3. The molecule has 1 rings (SSSR count). The molecule has 4 heteroatoms. The second kappa shape index (κ2) is 8.13. The maximum absolute atomic E-state index is 10.4. The highest BCUT2D eigenvalue weighted by Crippen LogP contribution is 2.34. The molecule has 96 valence electrons. The van der Waals surface area contributed by atoms with E-state index in [1.165, 1.54) is 6.01 Å². The van der Waals surface area contributed by atoms with Crippen LogP contribution in [0.15, 0.2) is 23.2 Å². The van der Waals surface area contributed by atoms with Gasteiger partial charge in [0, 0.05) is 0 Å². The molecule has 0 bridgehead atoms. The molecular weight excluding hydrogens is 226 g/mol. The number of hydrogen-bond donors (Lipinski definition) is 2. The molecule has 1 aromatic carbocycles. The first-order valence-electron chi connectivity index (χ1n) is 5.78. The zero-order valence-corrected chi connectivity index (χ0v) is 11.2. The summed E-state index contributed by atoms with van der Waals surface area (Å²) in [6.07, 6.45) is 1.65. The van der Waals surface area contributed by atoms with Crippen LogP contribution < -0.4 is 0 Å². The molecular formula is C14H19N3O. The van der Waals surface area contributed by atoms with E-state index in [0.717, 1.165) is 16.8 Å². The predicted molar refractivity (Wildman–Crippen MR) is 72.8 cm³/mol. The first-order valence-corrected chi connectivity index (χ1v) is 5.78. The first-order chi connectivity index (χ1) is 8.49. The van der Waals surface area contributed by atoms with Crippen molar-refractivity contribution in [1.82, 2.24) is 0 Å². The van der Waals surface area contributed by atoms with E-state index < -0.39 is 0 Å². The van der Waals surface area contributed by atoms with Gasteiger partial charge in [0.1, 0.15) is 0 Å². The third-order valence-electron chi connectivity index (χ3n) is 2.50. The summed E-state index contributed by atoms with van der Waals surface area (Å²) in [7, 11) is 0. The number of benzene rings is 1. The molecule has 0 aliphatic carbocycles. The van der Waals surface area contributed by atoms with Gasteiger partial charge in [-0.1, -0.05) is 45.9 Å². The van der Waals surface area contributed by atoms with E-state index in [1.807, 2.05) is 18.2 Å². The Balaban J connectivity index is 0.000000873. The fourth-order valence-corrected chi connectivity index (χ4v) is 1.69. The minimum atomic E-state index is 0.371. The molecule has 0 saturated heterocycles. The van der Waals surface area contributed by atoms with Crippen LogP contribution in [0, 0.1) is 10.8 Å². The standard InChI is InChI=1S/C13H17NO.CH2N2/c1-9(2)11-6-5-7-12(10(3)4)13(11)14-8-15;2-1-3/h5-7,9-10H,1-4H3;2-3H. The molecule has 0 aromatic heterocycles. The maximum atomic E-state index is 10.4. The normalized spacial score (nSPS) is 9.22. The maximum Gasteiger partial charge on any atom is 0.240 e. The molecule has 0 saturated carbocycles. The van der Waals surface area contributed by atoms with E-state index in [9.17, 15) is 4.79 Å². The largest absolute Gasteiger partial charge is 0.242 e. The van der Waals surface area contributed by atoms with Gasteiger partial charge in [-0.25, -0.2) is 15.6 Å². The lowest BCUT2D eigenvalue weighted by molar-refractivity contribution is 0.565. The third-order valence-corrected chi connectivity index (χ3v) is 2.50. The highest BCUT2D eigenvalue weighted by Gasteiger charge is 2.12. The SMILES string of the molecule is CC(C)c1cccc(C(C)C)c1N=C=O.N=C=N. The summed E-state index contributed by atoms with van der Waals surface area (Å²) in [5.74, 6) is 0.742. The molecule has 0 heterocycles. The van der Waals surface area contributed by atoms with Crippen molar-refractivity contribution in [1.29, 1.82) is 10.8 Å². The van der Waals surface area contributed by atoms with Crippen LogP contribution >= 0.6 is 0 Å². The minimum absolute atomic E-state index is 0.371.